The summed E-state index contributed by atoms with van der Waals surface area (Å²) >= 11 is 0. The van der Waals surface area contributed by atoms with Crippen molar-refractivity contribution in [1.82, 2.24) is 4.98 Å². The monoisotopic (exact) mass is 221 g/mol. The molecule has 0 aliphatic carbocycles. The number of carboxylic acids is 1. The van der Waals surface area contributed by atoms with E-state index in [4.69, 9.17) is 5.11 Å². The average Bonchev–Trinajstić information content (AvgIpc) is 2.29. The lowest BCUT2D eigenvalue weighted by Gasteiger charge is -1.99. The minimum atomic E-state index is -1.03. The molecular formula is C11H11NO4. The molecule has 1 aromatic heterocycles. The van der Waals surface area contributed by atoms with Crippen LogP contribution in [0.2, 0.25) is 0 Å². The van der Waals surface area contributed by atoms with E-state index in [9.17, 15) is 9.59 Å². The molecular weight excluding hydrogens is 210 g/mol. The minimum absolute atomic E-state index is 0.102. The normalized spacial score (nSPS) is 10.3. The van der Waals surface area contributed by atoms with Gasteiger partial charge in [-0.05, 0) is 6.07 Å². The van der Waals surface area contributed by atoms with Crippen LogP contribution in [0.3, 0.4) is 0 Å². The van der Waals surface area contributed by atoms with Crippen molar-refractivity contribution < 1.29 is 19.4 Å². The average molecular weight is 221 g/mol. The Balaban J connectivity index is 2.80. The molecule has 5 nitrogen and oxygen atoms in total. The molecule has 0 bridgehead atoms. The second kappa shape index (κ2) is 5.65. The Labute approximate surface area is 92.4 Å². The van der Waals surface area contributed by atoms with Crippen molar-refractivity contribution >= 4 is 18.0 Å². The Kier molecular flexibility index (Phi) is 4.20. The highest BCUT2D eigenvalue weighted by molar-refractivity contribution is 5.92. The number of esters is 1. The standard InChI is InChI=1S/C11H11NO4/c1-16-10(13)4-2-3-8-7-12-6-5-9(8)11(14)15/h2-3,5-7H,4H2,1H3,(H,14,15). The van der Waals surface area contributed by atoms with Crippen LogP contribution in [0.1, 0.15) is 22.3 Å². The summed E-state index contributed by atoms with van der Waals surface area (Å²) in [4.78, 5) is 25.5. The van der Waals surface area contributed by atoms with Crippen LogP contribution in [0, 0.1) is 0 Å². The molecule has 0 saturated heterocycles. The van der Waals surface area contributed by atoms with Gasteiger partial charge in [0.15, 0.2) is 0 Å². The van der Waals surface area contributed by atoms with E-state index < -0.39 is 5.97 Å². The quantitative estimate of drug-likeness (QED) is 0.777. The number of carbonyl (C=O) groups excluding carboxylic acids is 1. The van der Waals surface area contributed by atoms with E-state index in [1.165, 1.54) is 37.7 Å². The van der Waals surface area contributed by atoms with Gasteiger partial charge in [-0.25, -0.2) is 4.79 Å². The minimum Gasteiger partial charge on any atom is -0.478 e. The summed E-state index contributed by atoms with van der Waals surface area (Å²) in [5.41, 5.74) is 0.606. The topological polar surface area (TPSA) is 76.5 Å². The number of carbonyl (C=O) groups is 2. The maximum absolute atomic E-state index is 10.8. The molecule has 1 heterocycles. The van der Waals surface area contributed by atoms with E-state index in [1.807, 2.05) is 0 Å². The fourth-order valence-electron chi connectivity index (χ4n) is 1.10. The van der Waals surface area contributed by atoms with Gasteiger partial charge >= 0.3 is 11.9 Å². The number of ether oxygens (including phenoxy) is 1. The Hall–Kier alpha value is -2.17. The number of carboxylic acid groups (broad SMARTS) is 1. The van der Waals surface area contributed by atoms with E-state index in [2.05, 4.69) is 9.72 Å². The van der Waals surface area contributed by atoms with Crippen molar-refractivity contribution in [2.24, 2.45) is 0 Å². The maximum atomic E-state index is 10.8. The fourth-order valence-corrected chi connectivity index (χ4v) is 1.10. The Morgan fingerprint density at radius 2 is 2.31 bits per heavy atom. The Morgan fingerprint density at radius 3 is 2.94 bits per heavy atom. The van der Waals surface area contributed by atoms with E-state index in [-0.39, 0.29) is 18.0 Å². The van der Waals surface area contributed by atoms with Crippen molar-refractivity contribution in [3.05, 3.63) is 35.7 Å². The predicted octanol–water partition coefficient (Wildman–Crippen LogP) is 1.36. The molecule has 1 rings (SSSR count). The number of hydrogen-bond donors (Lipinski definition) is 1. The molecule has 1 N–H and O–H groups in total. The fraction of sp³-hybridized carbons (Fsp3) is 0.182. The maximum Gasteiger partial charge on any atom is 0.336 e. The van der Waals surface area contributed by atoms with E-state index in [0.29, 0.717) is 5.56 Å². The lowest BCUT2D eigenvalue weighted by Crippen LogP contribution is -2.00. The first-order chi connectivity index (χ1) is 7.65. The van der Waals surface area contributed by atoms with E-state index >= 15 is 0 Å². The predicted molar refractivity (Wildman–Crippen MR) is 56.9 cm³/mol. The van der Waals surface area contributed by atoms with Gasteiger partial charge in [-0.1, -0.05) is 12.2 Å². The summed E-state index contributed by atoms with van der Waals surface area (Å²) in [6.45, 7) is 0. The largest absolute Gasteiger partial charge is 0.478 e. The van der Waals surface area contributed by atoms with Gasteiger partial charge in [0, 0.05) is 18.0 Å². The van der Waals surface area contributed by atoms with Crippen molar-refractivity contribution in [3.8, 4) is 0 Å². The van der Waals surface area contributed by atoms with Gasteiger partial charge in [0.05, 0.1) is 19.1 Å². The van der Waals surface area contributed by atoms with Crippen LogP contribution in [0.15, 0.2) is 24.5 Å². The Morgan fingerprint density at radius 1 is 1.56 bits per heavy atom. The highest BCUT2D eigenvalue weighted by Gasteiger charge is 2.06. The van der Waals surface area contributed by atoms with Crippen LogP contribution in [-0.2, 0) is 9.53 Å². The summed E-state index contributed by atoms with van der Waals surface area (Å²) in [7, 11) is 1.29. The smallest absolute Gasteiger partial charge is 0.336 e. The third-order valence-electron chi connectivity index (χ3n) is 1.89. The number of nitrogens with zero attached hydrogens (tertiary/aromatic N) is 1. The summed E-state index contributed by atoms with van der Waals surface area (Å²) in [5.74, 6) is -1.41. The SMILES string of the molecule is COC(=O)CC=Cc1cnccc1C(=O)O. The van der Waals surface area contributed by atoms with Crippen LogP contribution >= 0.6 is 0 Å². The molecule has 1 aromatic rings. The van der Waals surface area contributed by atoms with Gasteiger partial charge in [-0.3, -0.25) is 9.78 Å². The zero-order valence-electron chi connectivity index (χ0n) is 8.71. The molecule has 0 amide bonds. The van der Waals surface area contributed by atoms with Crippen LogP contribution in [-0.4, -0.2) is 29.1 Å². The molecule has 5 heteroatoms. The number of hydrogen-bond acceptors (Lipinski definition) is 4. The van der Waals surface area contributed by atoms with Gasteiger partial charge in [0.25, 0.3) is 0 Å². The lowest BCUT2D eigenvalue weighted by atomic mass is 10.1. The lowest BCUT2D eigenvalue weighted by molar-refractivity contribution is -0.139. The Bertz CT molecular complexity index is 426. The number of aromatic carboxylic acids is 1. The number of pyridine rings is 1. The summed E-state index contributed by atoms with van der Waals surface area (Å²) in [5, 5.41) is 8.87. The molecule has 16 heavy (non-hydrogen) atoms. The first-order valence-corrected chi connectivity index (χ1v) is 4.56. The van der Waals surface area contributed by atoms with Crippen molar-refractivity contribution in [2.75, 3.05) is 7.11 Å². The first-order valence-electron chi connectivity index (χ1n) is 4.56. The van der Waals surface area contributed by atoms with Gasteiger partial charge < -0.3 is 9.84 Å². The second-order valence-corrected chi connectivity index (χ2v) is 2.95. The second-order valence-electron chi connectivity index (χ2n) is 2.95. The third-order valence-corrected chi connectivity index (χ3v) is 1.89. The number of rotatable bonds is 4. The number of aromatic nitrogens is 1. The number of methoxy groups -OCH3 is 1. The zero-order chi connectivity index (χ0) is 12.0. The van der Waals surface area contributed by atoms with Gasteiger partial charge in [-0.15, -0.1) is 0 Å². The third kappa shape index (κ3) is 3.20. The first kappa shape index (κ1) is 11.9. The molecule has 0 spiro atoms. The van der Waals surface area contributed by atoms with E-state index in [1.54, 1.807) is 0 Å². The molecule has 84 valence electrons. The van der Waals surface area contributed by atoms with E-state index in [0.717, 1.165) is 0 Å². The highest BCUT2D eigenvalue weighted by Crippen LogP contribution is 2.09. The molecule has 0 fully saturated rings. The summed E-state index contributed by atoms with van der Waals surface area (Å²) in [6.07, 6.45) is 6.01. The van der Waals surface area contributed by atoms with Gasteiger partial charge in [-0.2, -0.15) is 0 Å². The van der Waals surface area contributed by atoms with Crippen molar-refractivity contribution in [1.29, 1.82) is 0 Å². The molecule has 0 unspecified atom stereocenters. The summed E-state index contributed by atoms with van der Waals surface area (Å²) in [6, 6.07) is 1.40. The van der Waals surface area contributed by atoms with Gasteiger partial charge in [0.1, 0.15) is 0 Å². The van der Waals surface area contributed by atoms with Crippen LogP contribution < -0.4 is 0 Å². The summed E-state index contributed by atoms with van der Waals surface area (Å²) < 4.78 is 4.44. The highest BCUT2D eigenvalue weighted by atomic mass is 16.5. The molecule has 0 radical (unpaired) electrons. The van der Waals surface area contributed by atoms with Crippen molar-refractivity contribution in [3.63, 3.8) is 0 Å². The molecule has 0 aliphatic heterocycles. The molecule has 0 aliphatic rings. The van der Waals surface area contributed by atoms with Crippen LogP contribution in [0.5, 0.6) is 0 Å². The molecule has 0 saturated carbocycles. The van der Waals surface area contributed by atoms with Crippen molar-refractivity contribution in [2.45, 2.75) is 6.42 Å². The molecule has 0 aromatic carbocycles. The zero-order valence-corrected chi connectivity index (χ0v) is 8.71. The van der Waals surface area contributed by atoms with Gasteiger partial charge in [0.2, 0.25) is 0 Å². The van der Waals surface area contributed by atoms with Crippen LogP contribution in [0.4, 0.5) is 0 Å². The molecule has 0 atom stereocenters. The van der Waals surface area contributed by atoms with Crippen LogP contribution in [0.25, 0.3) is 6.08 Å².